The second-order valence-electron chi connectivity index (χ2n) is 12.9. The minimum atomic E-state index is -0.315. The van der Waals surface area contributed by atoms with E-state index in [1.165, 1.54) is 5.69 Å². The van der Waals surface area contributed by atoms with Gasteiger partial charge in [-0.1, -0.05) is 45.0 Å². The Hall–Kier alpha value is -3.95. The third-order valence-corrected chi connectivity index (χ3v) is 8.82. The van der Waals surface area contributed by atoms with Gasteiger partial charge in [0.15, 0.2) is 0 Å². The van der Waals surface area contributed by atoms with Crippen LogP contribution in [-0.2, 0) is 10.2 Å². The van der Waals surface area contributed by atoms with Crippen LogP contribution in [0.5, 0.6) is 0 Å². The molecule has 0 bridgehead atoms. The van der Waals surface area contributed by atoms with Gasteiger partial charge in [0.1, 0.15) is 5.82 Å². The molecule has 4 aromatic rings. The number of aromatic nitrogens is 3. The molecule has 2 unspecified atom stereocenters. The van der Waals surface area contributed by atoms with Gasteiger partial charge in [-0.15, -0.1) is 0 Å². The minimum absolute atomic E-state index is 0.223. The first-order chi connectivity index (χ1) is 20.7. The Morgan fingerprint density at radius 3 is 2.42 bits per heavy atom. The zero-order chi connectivity index (χ0) is 30.1. The van der Waals surface area contributed by atoms with Crippen LogP contribution in [-0.4, -0.2) is 70.6 Å². The summed E-state index contributed by atoms with van der Waals surface area (Å²) in [4.78, 5) is 23.1. The van der Waals surface area contributed by atoms with Crippen molar-refractivity contribution in [2.75, 3.05) is 48.4 Å². The Balaban J connectivity index is 1.24. The topological polar surface area (TPSA) is 87.6 Å². The van der Waals surface area contributed by atoms with E-state index in [9.17, 15) is 4.79 Å². The van der Waals surface area contributed by atoms with Crippen molar-refractivity contribution in [3.05, 3.63) is 72.2 Å². The van der Waals surface area contributed by atoms with Crippen LogP contribution in [0, 0.1) is 6.92 Å². The Morgan fingerprint density at radius 2 is 1.72 bits per heavy atom. The summed E-state index contributed by atoms with van der Waals surface area (Å²) in [6, 6.07) is 17.1. The highest BCUT2D eigenvalue weighted by Crippen LogP contribution is 2.37. The molecule has 0 radical (unpaired) electrons. The number of nitrogens with one attached hydrogen (secondary N) is 2. The van der Waals surface area contributed by atoms with Crippen molar-refractivity contribution < 1.29 is 9.53 Å². The first kappa shape index (κ1) is 29.1. The molecule has 0 saturated carbocycles. The number of rotatable bonds is 5. The van der Waals surface area contributed by atoms with E-state index in [4.69, 9.17) is 4.74 Å². The summed E-state index contributed by atoms with van der Waals surface area (Å²) in [5, 5.41) is 13.0. The van der Waals surface area contributed by atoms with E-state index in [2.05, 4.69) is 82.5 Å². The van der Waals surface area contributed by atoms with Crippen LogP contribution in [0.4, 0.5) is 22.0 Å². The fourth-order valence-corrected chi connectivity index (χ4v) is 6.48. The summed E-state index contributed by atoms with van der Waals surface area (Å²) < 4.78 is 7.33. The number of hydrogen-bond donors (Lipinski definition) is 2. The molecule has 2 atom stereocenters. The summed E-state index contributed by atoms with van der Waals surface area (Å²) >= 11 is 0. The second kappa shape index (κ2) is 12.0. The summed E-state index contributed by atoms with van der Waals surface area (Å²) in [5.41, 5.74) is 4.42. The van der Waals surface area contributed by atoms with E-state index < -0.39 is 0 Å². The van der Waals surface area contributed by atoms with Crippen LogP contribution in [0.3, 0.4) is 0 Å². The zero-order valence-corrected chi connectivity index (χ0v) is 25.9. The lowest BCUT2D eigenvalue weighted by molar-refractivity contribution is 0.00899. The average Bonchev–Trinajstić information content (AvgIpc) is 3.42. The molecule has 6 rings (SSSR count). The molecule has 9 nitrogen and oxygen atoms in total. The van der Waals surface area contributed by atoms with Crippen LogP contribution in [0.15, 0.2) is 60.9 Å². The van der Waals surface area contributed by atoms with Gasteiger partial charge in [0.05, 0.1) is 37.0 Å². The Kier molecular flexibility index (Phi) is 8.11. The van der Waals surface area contributed by atoms with Gasteiger partial charge in [-0.3, -0.25) is 15.2 Å². The summed E-state index contributed by atoms with van der Waals surface area (Å²) in [5.74, 6) is 0.633. The molecule has 2 aromatic heterocycles. The maximum atomic E-state index is 13.6. The molecular weight excluding hydrogens is 538 g/mol. The molecule has 226 valence electrons. The highest BCUT2D eigenvalue weighted by molar-refractivity contribution is 6.09. The standard InChI is InChI=1S/C34H43N7O2/c1-23-10-11-26(21-35-23)41-32(29(22-36-41)34(3,4)5)38-33(42)37-30-12-13-31(28-9-7-6-8-27(28)30)40-15-14-25(20-24(40)2)39-16-18-43-19-17-39/h6-13,21-22,24-25H,14-20H2,1-5H3,(H2,37,38,42). The molecule has 2 saturated heterocycles. The minimum Gasteiger partial charge on any atom is -0.379 e. The second-order valence-corrected chi connectivity index (χ2v) is 12.9. The quantitative estimate of drug-likeness (QED) is 0.285. The molecule has 0 spiro atoms. The zero-order valence-electron chi connectivity index (χ0n) is 25.9. The predicted molar refractivity (Wildman–Crippen MR) is 174 cm³/mol. The number of hydrogen-bond acceptors (Lipinski definition) is 6. The van der Waals surface area contributed by atoms with Crippen molar-refractivity contribution in [1.82, 2.24) is 19.7 Å². The van der Waals surface area contributed by atoms with Crippen LogP contribution in [0.25, 0.3) is 16.5 Å². The Bertz CT molecular complexity index is 1580. The van der Waals surface area contributed by atoms with Gasteiger partial charge in [-0.05, 0) is 56.4 Å². The van der Waals surface area contributed by atoms with Gasteiger partial charge in [-0.25, -0.2) is 9.48 Å². The molecule has 2 aromatic carbocycles. The van der Waals surface area contributed by atoms with Gasteiger partial charge < -0.3 is 15.0 Å². The molecule has 2 fully saturated rings. The maximum Gasteiger partial charge on any atom is 0.324 e. The fourth-order valence-electron chi connectivity index (χ4n) is 6.48. The number of morpholine rings is 1. The van der Waals surface area contributed by atoms with Crippen LogP contribution in [0.1, 0.15) is 51.8 Å². The highest BCUT2D eigenvalue weighted by Gasteiger charge is 2.31. The van der Waals surface area contributed by atoms with Crippen LogP contribution >= 0.6 is 0 Å². The molecule has 9 heteroatoms. The van der Waals surface area contributed by atoms with Gasteiger partial charge in [0.25, 0.3) is 0 Å². The molecule has 0 aliphatic carbocycles. The number of amides is 2. The largest absolute Gasteiger partial charge is 0.379 e. The highest BCUT2D eigenvalue weighted by atomic mass is 16.5. The van der Waals surface area contributed by atoms with Gasteiger partial charge in [-0.2, -0.15) is 5.10 Å². The lowest BCUT2D eigenvalue weighted by atomic mass is 9.89. The van der Waals surface area contributed by atoms with E-state index in [0.717, 1.165) is 79.1 Å². The SMILES string of the molecule is Cc1ccc(-n2ncc(C(C)(C)C)c2NC(=O)Nc2ccc(N3CCC(N4CCOCC4)CC3C)c3ccccc23)cn1. The van der Waals surface area contributed by atoms with E-state index in [-0.39, 0.29) is 11.4 Å². The number of benzene rings is 2. The van der Waals surface area contributed by atoms with Crippen molar-refractivity contribution >= 4 is 34.0 Å². The third kappa shape index (κ3) is 6.10. The number of ether oxygens (including phenoxy) is 1. The normalized spacial score (nSPS) is 19.9. The average molecular weight is 582 g/mol. The van der Waals surface area contributed by atoms with Gasteiger partial charge in [0, 0.05) is 59.4 Å². The number of nitrogens with zero attached hydrogens (tertiary/aromatic N) is 5. The third-order valence-electron chi connectivity index (χ3n) is 8.82. The van der Waals surface area contributed by atoms with Crippen LogP contribution in [0.2, 0.25) is 0 Å². The summed E-state index contributed by atoms with van der Waals surface area (Å²) in [7, 11) is 0. The monoisotopic (exact) mass is 581 g/mol. The van der Waals surface area contributed by atoms with E-state index >= 15 is 0 Å². The molecule has 2 aliphatic rings. The predicted octanol–water partition coefficient (Wildman–Crippen LogP) is 6.36. The first-order valence-electron chi connectivity index (χ1n) is 15.4. The van der Waals surface area contributed by atoms with Crippen molar-refractivity contribution in [2.45, 2.75) is 65.0 Å². The van der Waals surface area contributed by atoms with Crippen molar-refractivity contribution in [3.8, 4) is 5.69 Å². The molecule has 4 heterocycles. The molecule has 2 aliphatic heterocycles. The number of carbonyl (C=O) groups is 1. The number of fused-ring (bicyclic) bond motifs is 1. The first-order valence-corrected chi connectivity index (χ1v) is 15.4. The number of carbonyl (C=O) groups excluding carboxylic acids is 1. The van der Waals surface area contributed by atoms with E-state index in [1.54, 1.807) is 10.9 Å². The Morgan fingerprint density at radius 1 is 0.953 bits per heavy atom. The van der Waals surface area contributed by atoms with Crippen molar-refractivity contribution in [2.24, 2.45) is 0 Å². The lowest BCUT2D eigenvalue weighted by Gasteiger charge is -2.44. The lowest BCUT2D eigenvalue weighted by Crippen LogP contribution is -2.52. The van der Waals surface area contributed by atoms with Crippen molar-refractivity contribution in [1.29, 1.82) is 0 Å². The number of pyridine rings is 1. The van der Waals surface area contributed by atoms with Crippen LogP contribution < -0.4 is 15.5 Å². The fraction of sp³-hybridized carbons (Fsp3) is 0.441. The maximum absolute atomic E-state index is 13.6. The molecule has 2 N–H and O–H groups in total. The summed E-state index contributed by atoms with van der Waals surface area (Å²) in [6.07, 6.45) is 5.87. The van der Waals surface area contributed by atoms with Gasteiger partial charge >= 0.3 is 6.03 Å². The van der Waals surface area contributed by atoms with E-state index in [0.29, 0.717) is 17.9 Å². The Labute approximate surface area is 254 Å². The molecule has 43 heavy (non-hydrogen) atoms. The number of anilines is 3. The smallest absolute Gasteiger partial charge is 0.324 e. The van der Waals surface area contributed by atoms with Gasteiger partial charge in [0.2, 0.25) is 0 Å². The number of piperidine rings is 1. The molecule has 2 amide bonds. The number of aryl methyl sites for hydroxylation is 1. The van der Waals surface area contributed by atoms with Crippen molar-refractivity contribution in [3.63, 3.8) is 0 Å². The number of urea groups is 1. The molecular formula is C34H43N7O2. The summed E-state index contributed by atoms with van der Waals surface area (Å²) in [6.45, 7) is 15.4. The van der Waals surface area contributed by atoms with E-state index in [1.807, 2.05) is 37.4 Å².